The lowest BCUT2D eigenvalue weighted by molar-refractivity contribution is -0.384. The Bertz CT molecular complexity index is 1300. The first kappa shape index (κ1) is 26.9. The first-order valence-electron chi connectivity index (χ1n) is 10.2. The number of rotatable bonds is 9. The molecule has 2 N–H and O–H groups in total. The Labute approximate surface area is 211 Å². The molecule has 0 saturated heterocycles. The monoisotopic (exact) mass is 542 g/mol. The molecule has 0 aliphatic carbocycles. The van der Waals surface area contributed by atoms with Crippen LogP contribution in [-0.2, 0) is 24.1 Å². The predicted molar refractivity (Wildman–Crippen MR) is 126 cm³/mol. The van der Waals surface area contributed by atoms with E-state index in [2.05, 4.69) is 20.8 Å². The molecule has 15 heteroatoms. The molecular formula is C21H18ClF3N6O4S. The van der Waals surface area contributed by atoms with Crippen molar-refractivity contribution in [3.63, 3.8) is 0 Å². The SMILES string of the molecule is CCn1c(CNC(=O)c2cccc([N+](=O)[O-])c2)nnc1SCC(=O)Nc1cc(C(F)(F)F)ccc1Cl. The Kier molecular flexibility index (Phi) is 8.53. The van der Waals surface area contributed by atoms with E-state index < -0.39 is 28.5 Å². The van der Waals surface area contributed by atoms with Gasteiger partial charge in [0.05, 0.1) is 33.5 Å². The van der Waals surface area contributed by atoms with E-state index in [1.165, 1.54) is 18.2 Å². The maximum absolute atomic E-state index is 12.9. The fourth-order valence-electron chi connectivity index (χ4n) is 3.01. The zero-order valence-electron chi connectivity index (χ0n) is 18.5. The minimum absolute atomic E-state index is 0.0328. The van der Waals surface area contributed by atoms with Crippen LogP contribution in [0.5, 0.6) is 0 Å². The third-order valence-electron chi connectivity index (χ3n) is 4.74. The summed E-state index contributed by atoms with van der Waals surface area (Å²) in [4.78, 5) is 35.0. The summed E-state index contributed by atoms with van der Waals surface area (Å²) >= 11 is 6.90. The second kappa shape index (κ2) is 11.4. The van der Waals surface area contributed by atoms with Gasteiger partial charge in [-0.1, -0.05) is 29.4 Å². The van der Waals surface area contributed by atoms with Crippen molar-refractivity contribution in [1.82, 2.24) is 20.1 Å². The highest BCUT2D eigenvalue weighted by molar-refractivity contribution is 7.99. The van der Waals surface area contributed by atoms with Crippen molar-refractivity contribution in [2.24, 2.45) is 0 Å². The number of amides is 2. The highest BCUT2D eigenvalue weighted by atomic mass is 35.5. The highest BCUT2D eigenvalue weighted by Gasteiger charge is 2.31. The Morgan fingerprint density at radius 1 is 1.19 bits per heavy atom. The van der Waals surface area contributed by atoms with Crippen molar-refractivity contribution in [2.45, 2.75) is 31.3 Å². The van der Waals surface area contributed by atoms with Crippen LogP contribution in [0.15, 0.2) is 47.6 Å². The summed E-state index contributed by atoms with van der Waals surface area (Å²) in [5.41, 5.74) is -1.23. The fraction of sp³-hybridized carbons (Fsp3) is 0.238. The molecule has 2 amide bonds. The first-order chi connectivity index (χ1) is 17.0. The van der Waals surface area contributed by atoms with Gasteiger partial charge in [-0.05, 0) is 31.2 Å². The second-order valence-electron chi connectivity index (χ2n) is 7.16. The number of nitrogens with one attached hydrogen (secondary N) is 2. The van der Waals surface area contributed by atoms with E-state index in [1.807, 2.05) is 0 Å². The molecule has 0 bridgehead atoms. The van der Waals surface area contributed by atoms with Gasteiger partial charge in [0, 0.05) is 24.2 Å². The zero-order chi connectivity index (χ0) is 26.5. The molecule has 0 spiro atoms. The fourth-order valence-corrected chi connectivity index (χ4v) is 4.00. The molecule has 3 rings (SSSR count). The van der Waals surface area contributed by atoms with Crippen LogP contribution in [0.3, 0.4) is 0 Å². The molecule has 3 aromatic rings. The van der Waals surface area contributed by atoms with Crippen molar-refractivity contribution in [2.75, 3.05) is 11.1 Å². The molecule has 0 radical (unpaired) electrons. The smallest absolute Gasteiger partial charge is 0.345 e. The molecule has 0 fully saturated rings. The Morgan fingerprint density at radius 3 is 2.61 bits per heavy atom. The van der Waals surface area contributed by atoms with Crippen LogP contribution < -0.4 is 10.6 Å². The van der Waals surface area contributed by atoms with Crippen molar-refractivity contribution < 1.29 is 27.7 Å². The van der Waals surface area contributed by atoms with Gasteiger partial charge in [-0.2, -0.15) is 13.2 Å². The molecule has 36 heavy (non-hydrogen) atoms. The number of nitro groups is 1. The van der Waals surface area contributed by atoms with Gasteiger partial charge in [-0.15, -0.1) is 10.2 Å². The second-order valence-corrected chi connectivity index (χ2v) is 8.51. The number of nitro benzene ring substituents is 1. The van der Waals surface area contributed by atoms with Gasteiger partial charge in [0.1, 0.15) is 0 Å². The average molecular weight is 543 g/mol. The summed E-state index contributed by atoms with van der Waals surface area (Å²) in [6, 6.07) is 7.87. The van der Waals surface area contributed by atoms with E-state index in [1.54, 1.807) is 11.5 Å². The minimum atomic E-state index is -4.59. The van der Waals surface area contributed by atoms with Crippen LogP contribution in [0.4, 0.5) is 24.5 Å². The van der Waals surface area contributed by atoms with E-state index in [4.69, 9.17) is 11.6 Å². The molecule has 2 aromatic carbocycles. The summed E-state index contributed by atoms with van der Waals surface area (Å²) in [7, 11) is 0. The maximum atomic E-state index is 12.9. The molecule has 0 saturated carbocycles. The third-order valence-corrected chi connectivity index (χ3v) is 6.03. The van der Waals surface area contributed by atoms with Gasteiger partial charge in [0.2, 0.25) is 5.91 Å². The predicted octanol–water partition coefficient (Wildman–Crippen LogP) is 4.54. The summed E-state index contributed by atoms with van der Waals surface area (Å²) in [6.45, 7) is 2.16. The number of hydrogen-bond donors (Lipinski definition) is 2. The number of carbonyl (C=O) groups excluding carboxylic acids is 2. The zero-order valence-corrected chi connectivity index (χ0v) is 20.1. The Hall–Kier alpha value is -3.65. The largest absolute Gasteiger partial charge is 0.416 e. The first-order valence-corrected chi connectivity index (χ1v) is 11.6. The third kappa shape index (κ3) is 6.73. The minimum Gasteiger partial charge on any atom is -0.345 e. The van der Waals surface area contributed by atoms with Crippen molar-refractivity contribution >= 4 is 46.6 Å². The number of anilines is 1. The number of halogens is 4. The molecule has 0 unspecified atom stereocenters. The summed E-state index contributed by atoms with van der Waals surface area (Å²) in [6.07, 6.45) is -4.59. The number of alkyl halides is 3. The van der Waals surface area contributed by atoms with Crippen molar-refractivity contribution in [3.8, 4) is 0 Å². The van der Waals surface area contributed by atoms with Gasteiger partial charge in [-0.25, -0.2) is 0 Å². The van der Waals surface area contributed by atoms with E-state index in [0.717, 1.165) is 36.0 Å². The molecular weight excluding hydrogens is 525 g/mol. The van der Waals surface area contributed by atoms with E-state index >= 15 is 0 Å². The number of non-ortho nitro benzene ring substituents is 1. The van der Waals surface area contributed by atoms with Crippen molar-refractivity contribution in [3.05, 3.63) is 74.6 Å². The Balaban J connectivity index is 1.61. The number of hydrogen-bond acceptors (Lipinski definition) is 7. The number of aromatic nitrogens is 3. The van der Waals surface area contributed by atoms with Gasteiger partial charge in [0.15, 0.2) is 11.0 Å². The quantitative estimate of drug-likeness (QED) is 0.230. The van der Waals surface area contributed by atoms with Crippen LogP contribution in [0.2, 0.25) is 5.02 Å². The normalized spacial score (nSPS) is 11.2. The molecule has 0 aliphatic rings. The van der Waals surface area contributed by atoms with E-state index in [-0.39, 0.29) is 34.3 Å². The Morgan fingerprint density at radius 2 is 1.94 bits per heavy atom. The topological polar surface area (TPSA) is 132 Å². The highest BCUT2D eigenvalue weighted by Crippen LogP contribution is 2.34. The van der Waals surface area contributed by atoms with E-state index in [0.29, 0.717) is 17.5 Å². The van der Waals surface area contributed by atoms with Crippen LogP contribution in [0.25, 0.3) is 0 Å². The average Bonchev–Trinajstić information content (AvgIpc) is 3.23. The number of carbonyl (C=O) groups is 2. The molecule has 10 nitrogen and oxygen atoms in total. The van der Waals surface area contributed by atoms with E-state index in [9.17, 15) is 32.9 Å². The van der Waals surface area contributed by atoms with Crippen LogP contribution in [0.1, 0.15) is 28.7 Å². The standard InChI is InChI=1S/C21H18ClF3N6O4S/c1-2-30-17(10-26-19(33)12-4-3-5-14(8-12)31(34)35)28-29-20(30)36-11-18(32)27-16-9-13(21(23,24)25)6-7-15(16)22/h3-9H,2,10-11H2,1H3,(H,26,33)(H,27,32). The molecule has 0 atom stereocenters. The van der Waals surface area contributed by atoms with Crippen LogP contribution in [0, 0.1) is 10.1 Å². The van der Waals surface area contributed by atoms with Crippen molar-refractivity contribution in [1.29, 1.82) is 0 Å². The molecule has 1 heterocycles. The lowest BCUT2D eigenvalue weighted by Gasteiger charge is -2.12. The summed E-state index contributed by atoms with van der Waals surface area (Å²) in [5, 5.41) is 24.2. The lowest BCUT2D eigenvalue weighted by atomic mass is 10.2. The molecule has 1 aromatic heterocycles. The maximum Gasteiger partial charge on any atom is 0.416 e. The lowest BCUT2D eigenvalue weighted by Crippen LogP contribution is -2.25. The molecule has 190 valence electrons. The van der Waals surface area contributed by atoms with Gasteiger partial charge in [0.25, 0.3) is 11.6 Å². The summed E-state index contributed by atoms with van der Waals surface area (Å²) < 4.78 is 40.4. The summed E-state index contributed by atoms with van der Waals surface area (Å²) in [5.74, 6) is -0.964. The van der Waals surface area contributed by atoms with Gasteiger partial charge < -0.3 is 15.2 Å². The molecule has 0 aliphatic heterocycles. The number of nitrogens with zero attached hydrogens (tertiary/aromatic N) is 4. The van der Waals surface area contributed by atoms with Crippen LogP contribution >= 0.6 is 23.4 Å². The number of thioether (sulfide) groups is 1. The van der Waals surface area contributed by atoms with Crippen LogP contribution in [-0.4, -0.2) is 37.3 Å². The number of benzene rings is 2. The van der Waals surface area contributed by atoms with Gasteiger partial charge >= 0.3 is 6.18 Å². The van der Waals surface area contributed by atoms with Gasteiger partial charge in [-0.3, -0.25) is 19.7 Å².